The van der Waals surface area contributed by atoms with Gasteiger partial charge in [-0.15, -0.1) is 0 Å². The summed E-state index contributed by atoms with van der Waals surface area (Å²) in [7, 11) is 1.77. The topological polar surface area (TPSA) is 67.2 Å². The first-order valence-electron chi connectivity index (χ1n) is 10.8. The Balaban J connectivity index is 1.50. The molecule has 2 aromatic carbocycles. The number of nitrogens with one attached hydrogen (secondary N) is 1. The quantitative estimate of drug-likeness (QED) is 0.561. The molecule has 0 bridgehead atoms. The summed E-state index contributed by atoms with van der Waals surface area (Å²) >= 11 is 6.15. The number of nitrogens with zero attached hydrogens (tertiary/aromatic N) is 3. The lowest BCUT2D eigenvalue weighted by Gasteiger charge is -2.19. The van der Waals surface area contributed by atoms with Crippen LogP contribution in [0.25, 0.3) is 5.69 Å². The minimum atomic E-state index is -0.0995. The van der Waals surface area contributed by atoms with Crippen LogP contribution in [0.4, 0.5) is 0 Å². The number of benzene rings is 2. The molecule has 1 saturated carbocycles. The van der Waals surface area contributed by atoms with Crippen molar-refractivity contribution in [2.75, 3.05) is 7.05 Å². The van der Waals surface area contributed by atoms with Gasteiger partial charge in [-0.2, -0.15) is 5.10 Å². The van der Waals surface area contributed by atoms with Gasteiger partial charge in [-0.1, -0.05) is 43.6 Å². The van der Waals surface area contributed by atoms with E-state index in [1.165, 1.54) is 0 Å². The van der Waals surface area contributed by atoms with E-state index in [4.69, 9.17) is 11.6 Å². The summed E-state index contributed by atoms with van der Waals surface area (Å²) in [5, 5.41) is 8.09. The Bertz CT molecular complexity index is 1130. The number of carbonyl (C=O) groups excluding carboxylic acids is 2. The standard InChI is InChI=1S/C25H27ClN4O2/c1-16(2)23-22(14-27-30(23)21-6-4-5-19(26)13-21)25(32)29(3)15-17-7-9-18(10-8-17)24(31)28-20-11-12-20/h4-10,13-14,16,20H,11-12,15H2,1-3H3,(H,28,31). The molecular formula is C25H27ClN4O2. The molecule has 1 fully saturated rings. The molecule has 1 aliphatic carbocycles. The fraction of sp³-hybridized carbons (Fsp3) is 0.320. The molecule has 0 aliphatic heterocycles. The van der Waals surface area contributed by atoms with E-state index in [1.54, 1.807) is 22.8 Å². The number of aromatic nitrogens is 2. The Morgan fingerprint density at radius 3 is 2.53 bits per heavy atom. The van der Waals surface area contributed by atoms with Crippen molar-refractivity contribution in [1.82, 2.24) is 20.0 Å². The van der Waals surface area contributed by atoms with Gasteiger partial charge in [0, 0.05) is 30.2 Å². The SMILES string of the molecule is CC(C)c1c(C(=O)N(C)Cc2ccc(C(=O)NC3CC3)cc2)cnn1-c1cccc(Cl)c1. The predicted molar refractivity (Wildman–Crippen MR) is 125 cm³/mol. The second-order valence-electron chi connectivity index (χ2n) is 8.60. The fourth-order valence-electron chi connectivity index (χ4n) is 3.70. The molecule has 6 nitrogen and oxygen atoms in total. The maximum absolute atomic E-state index is 13.3. The van der Waals surface area contributed by atoms with Crippen LogP contribution >= 0.6 is 11.6 Å². The molecule has 1 aliphatic rings. The third-order valence-corrected chi connectivity index (χ3v) is 5.77. The van der Waals surface area contributed by atoms with Crippen LogP contribution in [0.3, 0.4) is 0 Å². The lowest BCUT2D eigenvalue weighted by molar-refractivity contribution is 0.0783. The molecule has 0 unspecified atom stereocenters. The van der Waals surface area contributed by atoms with Crippen LogP contribution in [0.5, 0.6) is 0 Å². The Labute approximate surface area is 193 Å². The van der Waals surface area contributed by atoms with Crippen molar-refractivity contribution in [3.8, 4) is 5.69 Å². The number of carbonyl (C=O) groups is 2. The van der Waals surface area contributed by atoms with Gasteiger partial charge in [0.05, 0.1) is 23.1 Å². The predicted octanol–water partition coefficient (Wildman–Crippen LogP) is 4.81. The molecule has 2 amide bonds. The molecule has 3 aromatic rings. The third-order valence-electron chi connectivity index (χ3n) is 5.53. The van der Waals surface area contributed by atoms with Crippen LogP contribution in [0.1, 0.15) is 64.6 Å². The van der Waals surface area contributed by atoms with Crippen molar-refractivity contribution in [3.05, 3.63) is 82.1 Å². The fourth-order valence-corrected chi connectivity index (χ4v) is 3.89. The molecule has 0 saturated heterocycles. The summed E-state index contributed by atoms with van der Waals surface area (Å²) in [5.41, 5.74) is 3.83. The van der Waals surface area contributed by atoms with Crippen molar-refractivity contribution in [3.63, 3.8) is 0 Å². The smallest absolute Gasteiger partial charge is 0.257 e. The van der Waals surface area contributed by atoms with Crippen LogP contribution in [0.2, 0.25) is 5.02 Å². The van der Waals surface area contributed by atoms with E-state index in [1.807, 2.05) is 62.4 Å². The average molecular weight is 451 g/mol. The summed E-state index contributed by atoms with van der Waals surface area (Å²) < 4.78 is 1.78. The van der Waals surface area contributed by atoms with Crippen LogP contribution in [-0.2, 0) is 6.54 Å². The Morgan fingerprint density at radius 2 is 1.91 bits per heavy atom. The lowest BCUT2D eigenvalue weighted by Crippen LogP contribution is -2.27. The van der Waals surface area contributed by atoms with Crippen molar-refractivity contribution in [2.24, 2.45) is 0 Å². The molecule has 1 heterocycles. The molecule has 166 valence electrons. The van der Waals surface area contributed by atoms with Crippen LogP contribution < -0.4 is 5.32 Å². The molecule has 1 aromatic heterocycles. The molecule has 7 heteroatoms. The average Bonchev–Trinajstić information content (AvgIpc) is 3.46. The minimum Gasteiger partial charge on any atom is -0.349 e. The summed E-state index contributed by atoms with van der Waals surface area (Å²) in [6.45, 7) is 4.52. The highest BCUT2D eigenvalue weighted by Crippen LogP contribution is 2.26. The third kappa shape index (κ3) is 4.86. The van der Waals surface area contributed by atoms with Crippen molar-refractivity contribution in [2.45, 2.75) is 45.2 Å². The number of hydrogen-bond donors (Lipinski definition) is 1. The van der Waals surface area contributed by atoms with E-state index in [-0.39, 0.29) is 17.7 Å². The second kappa shape index (κ2) is 9.17. The maximum Gasteiger partial charge on any atom is 0.257 e. The van der Waals surface area contributed by atoms with Gasteiger partial charge in [0.2, 0.25) is 0 Å². The van der Waals surface area contributed by atoms with Gasteiger partial charge in [0.25, 0.3) is 11.8 Å². The molecular weight excluding hydrogens is 424 g/mol. The summed E-state index contributed by atoms with van der Waals surface area (Å²) in [5.74, 6) is -0.0517. The van der Waals surface area contributed by atoms with Gasteiger partial charge in [0.1, 0.15) is 0 Å². The molecule has 32 heavy (non-hydrogen) atoms. The number of halogens is 1. The van der Waals surface area contributed by atoms with E-state index in [2.05, 4.69) is 10.4 Å². The van der Waals surface area contributed by atoms with E-state index < -0.39 is 0 Å². The first-order valence-corrected chi connectivity index (χ1v) is 11.2. The zero-order chi connectivity index (χ0) is 22.8. The summed E-state index contributed by atoms with van der Waals surface area (Å²) in [6.07, 6.45) is 3.74. The number of rotatable bonds is 7. The Kier molecular flexibility index (Phi) is 6.33. The lowest BCUT2D eigenvalue weighted by atomic mass is 10.0. The second-order valence-corrected chi connectivity index (χ2v) is 9.03. The van der Waals surface area contributed by atoms with Crippen molar-refractivity contribution < 1.29 is 9.59 Å². The van der Waals surface area contributed by atoms with Crippen LogP contribution in [0, 0.1) is 0 Å². The van der Waals surface area contributed by atoms with Crippen molar-refractivity contribution >= 4 is 23.4 Å². The van der Waals surface area contributed by atoms with Gasteiger partial charge in [-0.3, -0.25) is 9.59 Å². The molecule has 0 spiro atoms. The van der Waals surface area contributed by atoms with Gasteiger partial charge in [0.15, 0.2) is 0 Å². The van der Waals surface area contributed by atoms with Gasteiger partial charge >= 0.3 is 0 Å². The molecule has 4 rings (SSSR count). The summed E-state index contributed by atoms with van der Waals surface area (Å²) in [4.78, 5) is 27.1. The normalized spacial score (nSPS) is 13.3. The van der Waals surface area contributed by atoms with Crippen LogP contribution in [0.15, 0.2) is 54.7 Å². The zero-order valence-corrected chi connectivity index (χ0v) is 19.3. The first kappa shape index (κ1) is 22.1. The highest BCUT2D eigenvalue weighted by molar-refractivity contribution is 6.30. The zero-order valence-electron chi connectivity index (χ0n) is 18.5. The largest absolute Gasteiger partial charge is 0.349 e. The van der Waals surface area contributed by atoms with E-state index in [0.29, 0.717) is 28.7 Å². The number of amides is 2. The van der Waals surface area contributed by atoms with Gasteiger partial charge in [-0.05, 0) is 54.7 Å². The van der Waals surface area contributed by atoms with Gasteiger partial charge < -0.3 is 10.2 Å². The first-order chi connectivity index (χ1) is 15.3. The Hall–Kier alpha value is -3.12. The summed E-state index contributed by atoms with van der Waals surface area (Å²) in [6, 6.07) is 15.2. The van der Waals surface area contributed by atoms with E-state index >= 15 is 0 Å². The maximum atomic E-state index is 13.3. The van der Waals surface area contributed by atoms with Crippen LogP contribution in [-0.4, -0.2) is 39.6 Å². The molecule has 1 N–H and O–H groups in total. The van der Waals surface area contributed by atoms with Crippen molar-refractivity contribution in [1.29, 1.82) is 0 Å². The van der Waals surface area contributed by atoms with Gasteiger partial charge in [-0.25, -0.2) is 4.68 Å². The van der Waals surface area contributed by atoms with E-state index in [0.717, 1.165) is 29.8 Å². The minimum absolute atomic E-state index is 0.0431. The molecule has 0 radical (unpaired) electrons. The highest BCUT2D eigenvalue weighted by Gasteiger charge is 2.25. The monoisotopic (exact) mass is 450 g/mol. The Morgan fingerprint density at radius 1 is 1.19 bits per heavy atom. The highest BCUT2D eigenvalue weighted by atomic mass is 35.5. The molecule has 0 atom stereocenters. The van der Waals surface area contributed by atoms with E-state index in [9.17, 15) is 9.59 Å². The number of hydrogen-bond acceptors (Lipinski definition) is 3.